The first-order valence-electron chi connectivity index (χ1n) is 13.5. The van der Waals surface area contributed by atoms with Crippen LogP contribution in [0.25, 0.3) is 10.9 Å². The zero-order valence-corrected chi connectivity index (χ0v) is 26.7. The predicted molar refractivity (Wildman–Crippen MR) is 172 cm³/mol. The van der Waals surface area contributed by atoms with E-state index in [2.05, 4.69) is 97.1 Å². The van der Waals surface area contributed by atoms with Crippen LogP contribution in [0.3, 0.4) is 0 Å². The Kier molecular flexibility index (Phi) is 9.69. The Hall–Kier alpha value is -2.46. The van der Waals surface area contributed by atoms with Crippen LogP contribution in [0.1, 0.15) is 43.6 Å². The fourth-order valence-electron chi connectivity index (χ4n) is 4.25. The molecule has 0 amide bonds. The molecular formula is C32H39IN2O3Si. The van der Waals surface area contributed by atoms with Crippen molar-refractivity contribution in [3.8, 4) is 5.75 Å². The van der Waals surface area contributed by atoms with E-state index in [1.54, 1.807) is 6.07 Å². The van der Waals surface area contributed by atoms with Gasteiger partial charge in [0.1, 0.15) is 12.4 Å². The number of hydrogen-bond donors (Lipinski definition) is 2. The van der Waals surface area contributed by atoms with E-state index in [4.69, 9.17) is 9.16 Å². The van der Waals surface area contributed by atoms with Gasteiger partial charge in [0.2, 0.25) is 5.56 Å². The van der Waals surface area contributed by atoms with E-state index >= 15 is 0 Å². The normalized spacial score (nSPS) is 13.0. The first-order valence-corrected chi connectivity index (χ1v) is 17.5. The second-order valence-electron chi connectivity index (χ2n) is 11.5. The van der Waals surface area contributed by atoms with Gasteiger partial charge >= 0.3 is 0 Å². The smallest absolute Gasteiger partial charge is 0.248 e. The summed E-state index contributed by atoms with van der Waals surface area (Å²) in [6, 6.07) is 26.2. The van der Waals surface area contributed by atoms with Crippen molar-refractivity contribution in [3.63, 3.8) is 0 Å². The number of fused-ring (bicyclic) bond motifs is 1. The summed E-state index contributed by atoms with van der Waals surface area (Å²) >= 11 is 2.33. The van der Waals surface area contributed by atoms with Crippen molar-refractivity contribution in [1.82, 2.24) is 10.3 Å². The van der Waals surface area contributed by atoms with Crippen molar-refractivity contribution in [2.45, 2.75) is 58.0 Å². The molecule has 2 N–H and O–H groups in total. The molecule has 0 radical (unpaired) electrons. The summed E-state index contributed by atoms with van der Waals surface area (Å²) in [4.78, 5) is 15.4. The first-order chi connectivity index (χ1) is 18.5. The van der Waals surface area contributed by atoms with E-state index in [-0.39, 0.29) is 16.7 Å². The first kappa shape index (κ1) is 29.5. The lowest BCUT2D eigenvalue weighted by Gasteiger charge is -2.39. The van der Waals surface area contributed by atoms with Gasteiger partial charge in [-0.25, -0.2) is 0 Å². The van der Waals surface area contributed by atoms with Crippen LogP contribution in [-0.2, 0) is 17.5 Å². The Morgan fingerprint density at radius 2 is 1.64 bits per heavy atom. The molecule has 0 saturated carbocycles. The fraction of sp³-hybridized carbons (Fsp3) is 0.344. The van der Waals surface area contributed by atoms with Gasteiger partial charge in [0.05, 0.1) is 11.6 Å². The zero-order chi connectivity index (χ0) is 28.0. The van der Waals surface area contributed by atoms with Crippen LogP contribution in [-0.4, -0.2) is 26.4 Å². The maximum atomic E-state index is 12.4. The predicted octanol–water partition coefficient (Wildman–Crippen LogP) is 7.61. The standard InChI is InChI=1S/C32H39IN2O3Si/c1-32(2,3)39(4,5)38-29(21-34-20-19-23-11-13-25(33)14-12-23)26-15-17-28(31-27(26)16-18-30(36)35-31)37-22-24-9-7-6-8-10-24/h6-18,29,34H,19-22H2,1-5H3,(H,35,36)/t29-/m0/s1. The molecule has 0 bridgehead atoms. The lowest BCUT2D eigenvalue weighted by Crippen LogP contribution is -2.43. The number of rotatable bonds is 11. The van der Waals surface area contributed by atoms with Crippen LogP contribution in [0.4, 0.5) is 0 Å². The molecule has 5 nitrogen and oxygen atoms in total. The number of aromatic amines is 1. The minimum Gasteiger partial charge on any atom is -0.487 e. The second-order valence-corrected chi connectivity index (χ2v) is 17.5. The molecule has 1 aromatic heterocycles. The third kappa shape index (κ3) is 7.81. The highest BCUT2D eigenvalue weighted by molar-refractivity contribution is 14.1. The lowest BCUT2D eigenvalue weighted by atomic mass is 10.0. The van der Waals surface area contributed by atoms with E-state index in [1.165, 1.54) is 9.13 Å². The molecule has 1 atom stereocenters. The van der Waals surface area contributed by atoms with Crippen molar-refractivity contribution in [1.29, 1.82) is 0 Å². The summed E-state index contributed by atoms with van der Waals surface area (Å²) < 4.78 is 14.4. The molecule has 3 aromatic carbocycles. The highest BCUT2D eigenvalue weighted by Crippen LogP contribution is 2.41. The van der Waals surface area contributed by atoms with Crippen LogP contribution in [0.5, 0.6) is 5.75 Å². The molecule has 0 unspecified atom stereocenters. The molecule has 7 heteroatoms. The number of halogens is 1. The molecule has 0 aliphatic rings. The number of H-pyrrole nitrogens is 1. The molecule has 4 aromatic rings. The van der Waals surface area contributed by atoms with E-state index in [0.29, 0.717) is 24.4 Å². The van der Waals surface area contributed by atoms with E-state index in [1.807, 2.05) is 42.5 Å². The summed E-state index contributed by atoms with van der Waals surface area (Å²) in [7, 11) is -2.10. The summed E-state index contributed by atoms with van der Waals surface area (Å²) in [6.07, 6.45) is 0.781. The van der Waals surface area contributed by atoms with Crippen molar-refractivity contribution < 1.29 is 9.16 Å². The minimum absolute atomic E-state index is 0.0648. The van der Waals surface area contributed by atoms with Crippen LogP contribution >= 0.6 is 22.6 Å². The van der Waals surface area contributed by atoms with Crippen LogP contribution in [0.15, 0.2) is 83.7 Å². The monoisotopic (exact) mass is 654 g/mol. The number of aromatic nitrogens is 1. The molecule has 0 spiro atoms. The van der Waals surface area contributed by atoms with Gasteiger partial charge in [-0.15, -0.1) is 0 Å². The van der Waals surface area contributed by atoms with Gasteiger partial charge in [0, 0.05) is 21.6 Å². The Morgan fingerprint density at radius 3 is 2.33 bits per heavy atom. The maximum absolute atomic E-state index is 12.4. The van der Waals surface area contributed by atoms with Crippen molar-refractivity contribution in [3.05, 3.63) is 109 Å². The molecule has 0 fully saturated rings. The number of pyridine rings is 1. The number of hydrogen-bond acceptors (Lipinski definition) is 4. The SMILES string of the molecule is CC(C)(C)[Si](C)(C)O[C@@H](CNCCc1ccc(I)cc1)c1ccc(OCc2ccccc2)c2[nH]c(=O)ccc12. The molecule has 206 valence electrons. The van der Waals surface area contributed by atoms with Crippen molar-refractivity contribution in [2.75, 3.05) is 13.1 Å². The Morgan fingerprint density at radius 1 is 0.923 bits per heavy atom. The summed E-state index contributed by atoms with van der Waals surface area (Å²) in [6.45, 7) is 13.3. The highest BCUT2D eigenvalue weighted by atomic mass is 127. The van der Waals surface area contributed by atoms with Gasteiger partial charge in [0.25, 0.3) is 0 Å². The van der Waals surface area contributed by atoms with Crippen molar-refractivity contribution >= 4 is 41.8 Å². The lowest BCUT2D eigenvalue weighted by molar-refractivity contribution is 0.182. The largest absolute Gasteiger partial charge is 0.487 e. The molecule has 1 heterocycles. The van der Waals surface area contributed by atoms with Gasteiger partial charge in [-0.1, -0.05) is 69.3 Å². The number of benzene rings is 3. The van der Waals surface area contributed by atoms with Gasteiger partial charge in [0.15, 0.2) is 8.32 Å². The van der Waals surface area contributed by atoms with E-state index < -0.39 is 8.32 Å². The third-order valence-electron chi connectivity index (χ3n) is 7.55. The van der Waals surface area contributed by atoms with Gasteiger partial charge in [-0.3, -0.25) is 4.79 Å². The van der Waals surface area contributed by atoms with Gasteiger partial charge < -0.3 is 19.5 Å². The Bertz CT molecular complexity index is 1430. The molecule has 0 saturated heterocycles. The number of nitrogens with one attached hydrogen (secondary N) is 2. The summed E-state index contributed by atoms with van der Waals surface area (Å²) in [5.74, 6) is 0.660. The average molecular weight is 655 g/mol. The Labute approximate surface area is 246 Å². The molecule has 4 rings (SSSR count). The fourth-order valence-corrected chi connectivity index (χ4v) is 5.88. The Balaban J connectivity index is 1.61. The van der Waals surface area contributed by atoms with Crippen LogP contribution < -0.4 is 15.6 Å². The average Bonchev–Trinajstić information content (AvgIpc) is 2.90. The van der Waals surface area contributed by atoms with Gasteiger partial charge in [-0.2, -0.15) is 0 Å². The second kappa shape index (κ2) is 12.8. The molecule has 0 aliphatic heterocycles. The van der Waals surface area contributed by atoms with E-state index in [9.17, 15) is 4.79 Å². The van der Waals surface area contributed by atoms with E-state index in [0.717, 1.165) is 29.5 Å². The zero-order valence-electron chi connectivity index (χ0n) is 23.5. The summed E-state index contributed by atoms with van der Waals surface area (Å²) in [5.41, 5.74) is 4.00. The molecule has 39 heavy (non-hydrogen) atoms. The van der Waals surface area contributed by atoms with Crippen LogP contribution in [0, 0.1) is 3.57 Å². The minimum atomic E-state index is -2.10. The van der Waals surface area contributed by atoms with Gasteiger partial charge in [-0.05, 0) is 94.6 Å². The third-order valence-corrected chi connectivity index (χ3v) is 12.8. The number of ether oxygens (including phenoxy) is 1. The molecule has 0 aliphatic carbocycles. The van der Waals surface area contributed by atoms with Crippen LogP contribution in [0.2, 0.25) is 18.1 Å². The highest BCUT2D eigenvalue weighted by Gasteiger charge is 2.39. The molecular weight excluding hydrogens is 615 g/mol. The summed E-state index contributed by atoms with van der Waals surface area (Å²) in [5, 5.41) is 4.66. The maximum Gasteiger partial charge on any atom is 0.248 e. The quantitative estimate of drug-likeness (QED) is 0.0994. The van der Waals surface area contributed by atoms with Crippen molar-refractivity contribution in [2.24, 2.45) is 0 Å². The topological polar surface area (TPSA) is 63.4 Å².